The van der Waals surface area contributed by atoms with Gasteiger partial charge in [0.25, 0.3) is 11.7 Å². The van der Waals surface area contributed by atoms with Gasteiger partial charge < -0.3 is 19.4 Å². The molecule has 0 saturated carbocycles. The number of aromatic hydroxyl groups is 1. The molecule has 1 aromatic heterocycles. The molecular weight excluding hydrogens is 410 g/mol. The van der Waals surface area contributed by atoms with Crippen LogP contribution in [0.3, 0.4) is 0 Å². The molecule has 2 N–H and O–H groups in total. The first-order valence-electron chi connectivity index (χ1n) is 10.0. The molecule has 0 bridgehead atoms. The van der Waals surface area contributed by atoms with Gasteiger partial charge in [0.05, 0.1) is 23.9 Å². The van der Waals surface area contributed by atoms with Crippen LogP contribution in [0.15, 0.2) is 58.5 Å². The smallest absolute Gasteiger partial charge is 0.300 e. The third-order valence-electron chi connectivity index (χ3n) is 5.48. The second-order valence-corrected chi connectivity index (χ2v) is 7.81. The largest absolute Gasteiger partial charge is 0.507 e. The van der Waals surface area contributed by atoms with E-state index in [0.29, 0.717) is 11.5 Å². The Hall–Kier alpha value is -4.00. The molecule has 1 aliphatic heterocycles. The van der Waals surface area contributed by atoms with Gasteiger partial charge >= 0.3 is 0 Å². The minimum Gasteiger partial charge on any atom is -0.507 e. The van der Waals surface area contributed by atoms with Gasteiger partial charge in [0.2, 0.25) is 0 Å². The quantitative estimate of drug-likeness (QED) is 0.356. The second kappa shape index (κ2) is 7.92. The number of aliphatic hydroxyl groups excluding tert-OH is 1. The summed E-state index contributed by atoms with van der Waals surface area (Å²) in [6.07, 6.45) is 0. The molecule has 4 rings (SSSR count). The number of methoxy groups -OCH3 is 1. The van der Waals surface area contributed by atoms with Crippen LogP contribution >= 0.6 is 0 Å². The summed E-state index contributed by atoms with van der Waals surface area (Å²) in [6, 6.07) is 12.2. The minimum absolute atomic E-state index is 0.144. The van der Waals surface area contributed by atoms with E-state index in [9.17, 15) is 19.8 Å². The maximum absolute atomic E-state index is 13.2. The van der Waals surface area contributed by atoms with E-state index in [2.05, 4.69) is 0 Å². The number of phenols is 1. The van der Waals surface area contributed by atoms with Crippen molar-refractivity contribution in [2.45, 2.75) is 26.8 Å². The average Bonchev–Trinajstić information content (AvgIpc) is 3.30. The van der Waals surface area contributed by atoms with Gasteiger partial charge in [0.15, 0.2) is 0 Å². The number of rotatable bonds is 4. The lowest BCUT2D eigenvalue weighted by Gasteiger charge is -2.24. The van der Waals surface area contributed by atoms with Crippen molar-refractivity contribution in [2.24, 2.45) is 0 Å². The summed E-state index contributed by atoms with van der Waals surface area (Å²) < 4.78 is 11.1. The van der Waals surface area contributed by atoms with E-state index in [4.69, 9.17) is 9.15 Å². The van der Waals surface area contributed by atoms with Crippen LogP contribution in [-0.4, -0.2) is 29.0 Å². The van der Waals surface area contributed by atoms with Gasteiger partial charge in [-0.05, 0) is 62.7 Å². The summed E-state index contributed by atoms with van der Waals surface area (Å²) in [4.78, 5) is 27.5. The van der Waals surface area contributed by atoms with E-state index in [1.807, 2.05) is 19.9 Å². The van der Waals surface area contributed by atoms with Crippen molar-refractivity contribution in [1.29, 1.82) is 0 Å². The van der Waals surface area contributed by atoms with Gasteiger partial charge in [0.1, 0.15) is 34.8 Å². The lowest BCUT2D eigenvalue weighted by molar-refractivity contribution is -0.132. The van der Waals surface area contributed by atoms with Gasteiger partial charge in [-0.15, -0.1) is 0 Å². The van der Waals surface area contributed by atoms with E-state index in [-0.39, 0.29) is 34.1 Å². The first kappa shape index (κ1) is 21.2. The number of ketones is 1. The first-order valence-corrected chi connectivity index (χ1v) is 10.0. The number of carbonyl (C=O) groups is 2. The average molecular weight is 433 g/mol. The third kappa shape index (κ3) is 3.41. The number of hydrogen-bond donors (Lipinski definition) is 2. The Morgan fingerprint density at radius 3 is 2.34 bits per heavy atom. The Bertz CT molecular complexity index is 1270. The molecule has 1 amide bonds. The van der Waals surface area contributed by atoms with Crippen molar-refractivity contribution < 1.29 is 29.0 Å². The molecule has 0 spiro atoms. The fourth-order valence-corrected chi connectivity index (χ4v) is 3.93. The normalized spacial score (nSPS) is 17.8. The zero-order valence-electron chi connectivity index (χ0n) is 18.2. The van der Waals surface area contributed by atoms with Crippen molar-refractivity contribution in [3.05, 3.63) is 82.3 Å². The number of ether oxygens (including phenoxy) is 1. The number of anilines is 1. The van der Waals surface area contributed by atoms with E-state index in [1.54, 1.807) is 43.3 Å². The number of nitrogens with zero attached hydrogens (tertiary/aromatic N) is 1. The lowest BCUT2D eigenvalue weighted by Crippen LogP contribution is -2.29. The molecule has 1 saturated heterocycles. The van der Waals surface area contributed by atoms with Crippen LogP contribution < -0.4 is 9.64 Å². The van der Waals surface area contributed by atoms with Crippen LogP contribution in [0.2, 0.25) is 0 Å². The second-order valence-electron chi connectivity index (χ2n) is 7.81. The maximum atomic E-state index is 13.2. The number of carbonyl (C=O) groups excluding carboxylic acids is 2. The molecule has 1 fully saturated rings. The van der Waals surface area contributed by atoms with E-state index in [0.717, 1.165) is 16.0 Å². The van der Waals surface area contributed by atoms with Gasteiger partial charge in [-0.25, -0.2) is 0 Å². The topological polar surface area (TPSA) is 100 Å². The fraction of sp³-hybridized carbons (Fsp3) is 0.200. The lowest BCUT2D eigenvalue weighted by atomic mass is 9.97. The SMILES string of the molecule is COc1ccc(C)cc1/C(O)=C1/C(=O)C(=O)N(c2cc(C)ccc2O)C1c1ccc(C)o1. The van der Waals surface area contributed by atoms with E-state index in [1.165, 1.54) is 13.2 Å². The van der Waals surface area contributed by atoms with Gasteiger partial charge in [0, 0.05) is 0 Å². The maximum Gasteiger partial charge on any atom is 0.300 e. The highest BCUT2D eigenvalue weighted by atomic mass is 16.5. The molecule has 2 heterocycles. The first-order chi connectivity index (χ1) is 15.2. The highest BCUT2D eigenvalue weighted by Gasteiger charge is 2.49. The Morgan fingerprint density at radius 1 is 1.00 bits per heavy atom. The van der Waals surface area contributed by atoms with Crippen molar-refractivity contribution in [3.8, 4) is 11.5 Å². The zero-order chi connectivity index (χ0) is 23.2. The number of hydrogen-bond acceptors (Lipinski definition) is 6. The van der Waals surface area contributed by atoms with Crippen LogP contribution in [0.25, 0.3) is 5.76 Å². The Kier molecular flexibility index (Phi) is 5.26. The molecule has 164 valence electrons. The highest BCUT2D eigenvalue weighted by Crippen LogP contribution is 2.46. The van der Waals surface area contributed by atoms with Crippen LogP contribution in [0, 0.1) is 20.8 Å². The molecule has 1 atom stereocenters. The molecule has 0 radical (unpaired) electrons. The summed E-state index contributed by atoms with van der Waals surface area (Å²) >= 11 is 0. The number of phenolic OH excluding ortho intramolecular Hbond substituents is 1. The third-order valence-corrected chi connectivity index (χ3v) is 5.48. The highest BCUT2D eigenvalue weighted by molar-refractivity contribution is 6.51. The predicted octanol–water partition coefficient (Wildman–Crippen LogP) is 4.55. The zero-order valence-corrected chi connectivity index (χ0v) is 18.2. The van der Waals surface area contributed by atoms with Gasteiger partial charge in [-0.2, -0.15) is 0 Å². The number of amides is 1. The molecule has 1 aliphatic rings. The Morgan fingerprint density at radius 2 is 1.69 bits per heavy atom. The molecule has 7 nitrogen and oxygen atoms in total. The number of Topliss-reactive ketones (excluding diaryl/α,β-unsaturated/α-hetero) is 1. The van der Waals surface area contributed by atoms with Crippen LogP contribution in [0.1, 0.15) is 34.3 Å². The monoisotopic (exact) mass is 433 g/mol. The molecule has 0 aliphatic carbocycles. The van der Waals surface area contributed by atoms with Gasteiger partial charge in [-0.3, -0.25) is 14.5 Å². The fourth-order valence-electron chi connectivity index (χ4n) is 3.93. The summed E-state index contributed by atoms with van der Waals surface area (Å²) in [6.45, 7) is 5.39. The number of furan rings is 1. The van der Waals surface area contributed by atoms with Crippen LogP contribution in [0.5, 0.6) is 11.5 Å². The molecule has 32 heavy (non-hydrogen) atoms. The molecule has 1 unspecified atom stereocenters. The number of aliphatic hydroxyl groups is 1. The van der Waals surface area contributed by atoms with E-state index < -0.39 is 17.7 Å². The molecule has 3 aromatic rings. The molecule has 7 heteroatoms. The van der Waals surface area contributed by atoms with Crippen molar-refractivity contribution in [3.63, 3.8) is 0 Å². The molecule has 2 aromatic carbocycles. The van der Waals surface area contributed by atoms with Crippen molar-refractivity contribution in [2.75, 3.05) is 12.0 Å². The van der Waals surface area contributed by atoms with Crippen molar-refractivity contribution >= 4 is 23.1 Å². The Balaban J connectivity index is 2.01. The van der Waals surface area contributed by atoms with E-state index >= 15 is 0 Å². The van der Waals surface area contributed by atoms with Crippen LogP contribution in [-0.2, 0) is 9.59 Å². The summed E-state index contributed by atoms with van der Waals surface area (Å²) in [5.74, 6) is -1.09. The van der Waals surface area contributed by atoms with Crippen molar-refractivity contribution in [1.82, 2.24) is 0 Å². The summed E-state index contributed by atoms with van der Waals surface area (Å²) in [5, 5.41) is 21.8. The predicted molar refractivity (Wildman–Crippen MR) is 119 cm³/mol. The molecular formula is C25H23NO6. The minimum atomic E-state index is -1.07. The Labute approximate surface area is 185 Å². The van der Waals surface area contributed by atoms with Gasteiger partial charge in [-0.1, -0.05) is 17.7 Å². The van der Waals surface area contributed by atoms with Crippen LogP contribution in [0.4, 0.5) is 5.69 Å². The number of benzene rings is 2. The summed E-state index contributed by atoms with van der Waals surface area (Å²) in [7, 11) is 1.46. The number of aryl methyl sites for hydroxylation is 3. The standard InChI is InChI=1S/C25H23NO6/c1-13-6-9-19(31-4)16(11-13)23(28)21-22(20-10-7-15(3)32-20)26(25(30)24(21)29)17-12-14(2)5-8-18(17)27/h5-12,22,27-28H,1-4H3/b23-21-. The summed E-state index contributed by atoms with van der Waals surface area (Å²) in [5.41, 5.74) is 1.92.